The second kappa shape index (κ2) is 7.14. The summed E-state index contributed by atoms with van der Waals surface area (Å²) in [5.74, 6) is 1.11. The first-order valence-electron chi connectivity index (χ1n) is 8.63. The number of amides is 1. The second-order valence-corrected chi connectivity index (χ2v) is 6.52. The van der Waals surface area contributed by atoms with Crippen LogP contribution in [-0.4, -0.2) is 46.2 Å². The van der Waals surface area contributed by atoms with Gasteiger partial charge in [0.2, 0.25) is 11.9 Å². The van der Waals surface area contributed by atoms with Crippen LogP contribution in [0.1, 0.15) is 18.4 Å². The van der Waals surface area contributed by atoms with E-state index in [2.05, 4.69) is 25.2 Å². The van der Waals surface area contributed by atoms with E-state index in [0.717, 1.165) is 37.4 Å². The van der Waals surface area contributed by atoms with Crippen molar-refractivity contribution in [2.75, 3.05) is 18.0 Å². The van der Waals surface area contributed by atoms with Crippen LogP contribution in [0.5, 0.6) is 0 Å². The van der Waals surface area contributed by atoms with Crippen LogP contribution < -0.4 is 10.2 Å². The van der Waals surface area contributed by atoms with Gasteiger partial charge in [-0.3, -0.25) is 9.78 Å². The zero-order chi connectivity index (χ0) is 17.1. The second-order valence-electron chi connectivity index (χ2n) is 6.52. The minimum Gasteiger partial charge on any atom is -0.363 e. The van der Waals surface area contributed by atoms with Crippen molar-refractivity contribution >= 4 is 11.9 Å². The van der Waals surface area contributed by atoms with Crippen molar-refractivity contribution in [3.05, 3.63) is 48.5 Å². The zero-order valence-corrected chi connectivity index (χ0v) is 13.9. The summed E-state index contributed by atoms with van der Waals surface area (Å²) < 4.78 is 6.04. The number of pyridine rings is 1. The van der Waals surface area contributed by atoms with Gasteiger partial charge < -0.3 is 15.0 Å². The maximum Gasteiger partial charge on any atom is 0.249 e. The lowest BCUT2D eigenvalue weighted by Gasteiger charge is -2.33. The standard InChI is InChI=1S/C18H21N5O2/c24-17(22-11-13-3-1-5-19-10-13)15-9-14-4-8-23(12-16(14)25-15)18-20-6-2-7-21-18/h1-3,5-7,10,14-16H,4,8-9,11-12H2,(H,22,24)/t14-,15-,16+/m0/s1. The molecule has 2 fully saturated rings. The Morgan fingerprint density at radius 2 is 2.16 bits per heavy atom. The fourth-order valence-electron chi connectivity index (χ4n) is 3.54. The average Bonchev–Trinajstić information content (AvgIpc) is 3.11. The molecule has 2 aliphatic rings. The van der Waals surface area contributed by atoms with Crippen molar-refractivity contribution < 1.29 is 9.53 Å². The number of carbonyl (C=O) groups excluding carboxylic acids is 1. The minimum absolute atomic E-state index is 0.0410. The highest BCUT2D eigenvalue weighted by molar-refractivity contribution is 5.81. The molecule has 4 heterocycles. The third-order valence-electron chi connectivity index (χ3n) is 4.87. The Bertz CT molecular complexity index is 712. The molecule has 0 aromatic carbocycles. The lowest BCUT2D eigenvalue weighted by molar-refractivity contribution is -0.132. The summed E-state index contributed by atoms with van der Waals surface area (Å²) in [7, 11) is 0. The molecule has 130 valence electrons. The number of fused-ring (bicyclic) bond motifs is 1. The van der Waals surface area contributed by atoms with Gasteiger partial charge in [0.05, 0.1) is 6.10 Å². The smallest absolute Gasteiger partial charge is 0.249 e. The number of hydrogen-bond acceptors (Lipinski definition) is 6. The predicted molar refractivity (Wildman–Crippen MR) is 91.7 cm³/mol. The van der Waals surface area contributed by atoms with Crippen LogP contribution in [0.3, 0.4) is 0 Å². The largest absolute Gasteiger partial charge is 0.363 e. The van der Waals surface area contributed by atoms with E-state index in [9.17, 15) is 4.79 Å². The van der Waals surface area contributed by atoms with E-state index < -0.39 is 0 Å². The highest BCUT2D eigenvalue weighted by Crippen LogP contribution is 2.34. The van der Waals surface area contributed by atoms with Gasteiger partial charge in [0.15, 0.2) is 0 Å². The van der Waals surface area contributed by atoms with Crippen LogP contribution in [0, 0.1) is 5.92 Å². The molecule has 7 nitrogen and oxygen atoms in total. The summed E-state index contributed by atoms with van der Waals surface area (Å²) in [6, 6.07) is 5.62. The van der Waals surface area contributed by atoms with Crippen molar-refractivity contribution in [2.45, 2.75) is 31.6 Å². The Morgan fingerprint density at radius 3 is 2.96 bits per heavy atom. The van der Waals surface area contributed by atoms with E-state index in [0.29, 0.717) is 12.5 Å². The lowest BCUT2D eigenvalue weighted by atomic mass is 9.92. The van der Waals surface area contributed by atoms with Crippen LogP contribution in [0.25, 0.3) is 0 Å². The molecule has 1 N–H and O–H groups in total. The van der Waals surface area contributed by atoms with Crippen LogP contribution in [0.4, 0.5) is 5.95 Å². The Morgan fingerprint density at radius 1 is 1.28 bits per heavy atom. The average molecular weight is 339 g/mol. The summed E-state index contributed by atoms with van der Waals surface area (Å²) in [5, 5.41) is 2.95. The number of nitrogens with one attached hydrogen (secondary N) is 1. The van der Waals surface area contributed by atoms with Gasteiger partial charge in [-0.15, -0.1) is 0 Å². The molecule has 2 aromatic rings. The number of nitrogens with zero attached hydrogens (tertiary/aromatic N) is 4. The summed E-state index contributed by atoms with van der Waals surface area (Å²) in [5.41, 5.74) is 0.985. The Hall–Kier alpha value is -2.54. The molecular formula is C18H21N5O2. The van der Waals surface area contributed by atoms with Crippen molar-refractivity contribution in [1.82, 2.24) is 20.3 Å². The molecule has 2 aliphatic heterocycles. The molecule has 4 rings (SSSR count). The fraction of sp³-hybridized carbons (Fsp3) is 0.444. The highest BCUT2D eigenvalue weighted by atomic mass is 16.5. The summed E-state index contributed by atoms with van der Waals surface area (Å²) in [6.07, 6.45) is 8.44. The highest BCUT2D eigenvalue weighted by Gasteiger charge is 2.42. The summed E-state index contributed by atoms with van der Waals surface area (Å²) >= 11 is 0. The van der Waals surface area contributed by atoms with Crippen molar-refractivity contribution in [3.8, 4) is 0 Å². The van der Waals surface area contributed by atoms with E-state index in [1.165, 1.54) is 0 Å². The molecule has 0 aliphatic carbocycles. The predicted octanol–water partition coefficient (Wildman–Crippen LogP) is 1.17. The molecule has 7 heteroatoms. The third-order valence-corrected chi connectivity index (χ3v) is 4.87. The molecule has 1 amide bonds. The first-order chi connectivity index (χ1) is 12.3. The Balaban J connectivity index is 1.32. The van der Waals surface area contributed by atoms with Crippen LogP contribution in [0.2, 0.25) is 0 Å². The third kappa shape index (κ3) is 3.61. The Labute approximate surface area is 146 Å². The maximum absolute atomic E-state index is 12.4. The monoisotopic (exact) mass is 339 g/mol. The minimum atomic E-state index is -0.372. The van der Waals surface area contributed by atoms with Gasteiger partial charge in [-0.05, 0) is 36.5 Å². The molecule has 25 heavy (non-hydrogen) atoms. The van der Waals surface area contributed by atoms with Crippen molar-refractivity contribution in [3.63, 3.8) is 0 Å². The number of hydrogen-bond donors (Lipinski definition) is 1. The van der Waals surface area contributed by atoms with Gasteiger partial charge in [0.1, 0.15) is 6.10 Å². The van der Waals surface area contributed by atoms with E-state index in [1.807, 2.05) is 18.2 Å². The van der Waals surface area contributed by atoms with Gasteiger partial charge >= 0.3 is 0 Å². The molecule has 0 radical (unpaired) electrons. The summed E-state index contributed by atoms with van der Waals surface area (Å²) in [6.45, 7) is 2.12. The molecule has 0 unspecified atom stereocenters. The fourth-order valence-corrected chi connectivity index (χ4v) is 3.54. The van der Waals surface area contributed by atoms with E-state index >= 15 is 0 Å². The van der Waals surface area contributed by atoms with Crippen LogP contribution >= 0.6 is 0 Å². The van der Waals surface area contributed by atoms with Gasteiger partial charge in [0, 0.05) is 44.4 Å². The van der Waals surface area contributed by atoms with Gasteiger partial charge in [0.25, 0.3) is 0 Å². The molecule has 0 spiro atoms. The van der Waals surface area contributed by atoms with Gasteiger partial charge in [-0.2, -0.15) is 0 Å². The number of piperidine rings is 1. The van der Waals surface area contributed by atoms with Crippen LogP contribution in [0.15, 0.2) is 43.0 Å². The van der Waals surface area contributed by atoms with Crippen molar-refractivity contribution in [2.24, 2.45) is 5.92 Å². The van der Waals surface area contributed by atoms with E-state index in [-0.39, 0.29) is 18.1 Å². The van der Waals surface area contributed by atoms with Gasteiger partial charge in [-0.1, -0.05) is 6.07 Å². The van der Waals surface area contributed by atoms with Gasteiger partial charge in [-0.25, -0.2) is 9.97 Å². The number of ether oxygens (including phenoxy) is 1. The number of carbonyl (C=O) groups is 1. The molecule has 0 saturated carbocycles. The van der Waals surface area contributed by atoms with Crippen LogP contribution in [-0.2, 0) is 16.1 Å². The number of anilines is 1. The molecular weight excluding hydrogens is 318 g/mol. The molecule has 2 aromatic heterocycles. The zero-order valence-electron chi connectivity index (χ0n) is 13.9. The topological polar surface area (TPSA) is 80.2 Å². The first-order valence-corrected chi connectivity index (χ1v) is 8.63. The van der Waals surface area contributed by atoms with E-state index in [1.54, 1.807) is 24.8 Å². The number of rotatable bonds is 4. The molecule has 3 atom stereocenters. The first kappa shape index (κ1) is 16.0. The molecule has 0 bridgehead atoms. The SMILES string of the molecule is O=C(NCc1cccnc1)[C@@H]1C[C@@H]2CCN(c3ncccn3)C[C@H]2O1. The van der Waals surface area contributed by atoms with E-state index in [4.69, 9.17) is 4.74 Å². The van der Waals surface area contributed by atoms with Crippen molar-refractivity contribution in [1.29, 1.82) is 0 Å². The Kier molecular flexibility index (Phi) is 4.56. The quantitative estimate of drug-likeness (QED) is 0.901. The number of aromatic nitrogens is 3. The summed E-state index contributed by atoms with van der Waals surface area (Å²) in [4.78, 5) is 27.2. The maximum atomic E-state index is 12.4. The normalized spacial score (nSPS) is 25.4. The lowest BCUT2D eigenvalue weighted by Crippen LogP contribution is -2.43. The molecule has 2 saturated heterocycles.